The lowest BCUT2D eigenvalue weighted by Gasteiger charge is -2.27. The average Bonchev–Trinajstić information content (AvgIpc) is 3.38. The number of nitro groups is 1. The molecule has 1 amide bonds. The van der Waals surface area contributed by atoms with Crippen LogP contribution in [0.1, 0.15) is 25.7 Å². The second-order valence-electron chi connectivity index (χ2n) is 5.70. The SMILES string of the molecule is O=C(C1CC1)N1CCC(=NNc2cccc([N+](=O)[O-])c2)CC1. The van der Waals surface area contributed by atoms with Gasteiger partial charge in [-0.3, -0.25) is 20.3 Å². The van der Waals surface area contributed by atoms with Crippen LogP contribution >= 0.6 is 0 Å². The van der Waals surface area contributed by atoms with Gasteiger partial charge in [-0.25, -0.2) is 0 Å². The molecule has 1 heterocycles. The highest BCUT2D eigenvalue weighted by molar-refractivity contribution is 5.89. The highest BCUT2D eigenvalue weighted by atomic mass is 16.6. The topological polar surface area (TPSA) is 87.8 Å². The quantitative estimate of drug-likeness (QED) is 0.683. The number of anilines is 1. The van der Waals surface area contributed by atoms with Gasteiger partial charge in [0.15, 0.2) is 0 Å². The maximum absolute atomic E-state index is 12.0. The summed E-state index contributed by atoms with van der Waals surface area (Å²) in [6.45, 7) is 1.43. The van der Waals surface area contributed by atoms with Crippen molar-refractivity contribution >= 4 is 23.0 Å². The van der Waals surface area contributed by atoms with E-state index in [1.54, 1.807) is 12.1 Å². The molecule has 1 aliphatic heterocycles. The van der Waals surface area contributed by atoms with Gasteiger partial charge in [-0.1, -0.05) is 6.07 Å². The summed E-state index contributed by atoms with van der Waals surface area (Å²) in [5.74, 6) is 0.548. The fourth-order valence-electron chi connectivity index (χ4n) is 2.52. The van der Waals surface area contributed by atoms with Crippen LogP contribution in [0.4, 0.5) is 11.4 Å². The van der Waals surface area contributed by atoms with Crippen LogP contribution in [-0.4, -0.2) is 34.5 Å². The lowest BCUT2D eigenvalue weighted by atomic mass is 10.1. The zero-order valence-electron chi connectivity index (χ0n) is 12.2. The normalized spacial score (nSPS) is 18.0. The minimum Gasteiger partial charge on any atom is -0.342 e. The van der Waals surface area contributed by atoms with Crippen LogP contribution in [0.25, 0.3) is 0 Å². The molecule has 1 aliphatic carbocycles. The Bertz CT molecular complexity index is 615. The van der Waals surface area contributed by atoms with Crippen LogP contribution in [0.2, 0.25) is 0 Å². The molecule has 0 spiro atoms. The summed E-state index contributed by atoms with van der Waals surface area (Å²) < 4.78 is 0. The van der Waals surface area contributed by atoms with Gasteiger partial charge in [0.2, 0.25) is 5.91 Å². The summed E-state index contributed by atoms with van der Waals surface area (Å²) in [6, 6.07) is 6.26. The Balaban J connectivity index is 1.54. The Morgan fingerprint density at radius 3 is 2.68 bits per heavy atom. The van der Waals surface area contributed by atoms with Crippen molar-refractivity contribution in [3.05, 3.63) is 34.4 Å². The first-order valence-corrected chi connectivity index (χ1v) is 7.48. The first-order chi connectivity index (χ1) is 10.6. The van der Waals surface area contributed by atoms with Crippen molar-refractivity contribution < 1.29 is 9.72 Å². The predicted octanol–water partition coefficient (Wildman–Crippen LogP) is 2.40. The molecule has 0 atom stereocenters. The Labute approximate surface area is 128 Å². The van der Waals surface area contributed by atoms with Gasteiger partial charge in [-0.2, -0.15) is 5.10 Å². The third-order valence-corrected chi connectivity index (χ3v) is 3.98. The Morgan fingerprint density at radius 2 is 2.05 bits per heavy atom. The van der Waals surface area contributed by atoms with E-state index in [9.17, 15) is 14.9 Å². The van der Waals surface area contributed by atoms with Gasteiger partial charge in [0.25, 0.3) is 5.69 Å². The standard InChI is InChI=1S/C15H18N4O3/c20-15(11-4-5-11)18-8-6-12(7-9-18)16-17-13-2-1-3-14(10-13)19(21)22/h1-3,10-11,17H,4-9H2. The molecule has 1 saturated carbocycles. The molecule has 3 rings (SSSR count). The number of benzene rings is 1. The monoisotopic (exact) mass is 302 g/mol. The van der Waals surface area contributed by atoms with E-state index in [4.69, 9.17) is 0 Å². The van der Waals surface area contributed by atoms with Crippen molar-refractivity contribution in [1.82, 2.24) is 4.90 Å². The Kier molecular flexibility index (Phi) is 4.04. The van der Waals surface area contributed by atoms with Crippen LogP contribution in [0.3, 0.4) is 0 Å². The number of piperidine rings is 1. The molecule has 7 heteroatoms. The van der Waals surface area contributed by atoms with Gasteiger partial charge in [0.1, 0.15) is 0 Å². The van der Waals surface area contributed by atoms with E-state index in [-0.39, 0.29) is 17.5 Å². The highest BCUT2D eigenvalue weighted by Gasteiger charge is 2.34. The molecule has 1 aromatic carbocycles. The van der Waals surface area contributed by atoms with Crippen molar-refractivity contribution in [1.29, 1.82) is 0 Å². The van der Waals surface area contributed by atoms with E-state index in [0.717, 1.165) is 31.4 Å². The van der Waals surface area contributed by atoms with Crippen LogP contribution in [0.5, 0.6) is 0 Å². The average molecular weight is 302 g/mol. The molecule has 116 valence electrons. The van der Waals surface area contributed by atoms with E-state index < -0.39 is 4.92 Å². The van der Waals surface area contributed by atoms with Crippen LogP contribution in [-0.2, 0) is 4.79 Å². The number of likely N-dealkylation sites (tertiary alicyclic amines) is 1. The maximum Gasteiger partial charge on any atom is 0.271 e. The molecular weight excluding hydrogens is 284 g/mol. The molecule has 2 aliphatic rings. The van der Waals surface area contributed by atoms with Gasteiger partial charge >= 0.3 is 0 Å². The number of amides is 1. The summed E-state index contributed by atoms with van der Waals surface area (Å²) in [4.78, 5) is 24.2. The van der Waals surface area contributed by atoms with Gasteiger partial charge < -0.3 is 4.90 Å². The molecular formula is C15H18N4O3. The molecule has 2 fully saturated rings. The number of rotatable bonds is 4. The van der Waals surface area contributed by atoms with Crippen molar-refractivity contribution in [2.24, 2.45) is 11.0 Å². The first-order valence-electron chi connectivity index (χ1n) is 7.48. The summed E-state index contributed by atoms with van der Waals surface area (Å²) in [5, 5.41) is 15.0. The summed E-state index contributed by atoms with van der Waals surface area (Å²) in [7, 11) is 0. The molecule has 0 aromatic heterocycles. The Morgan fingerprint density at radius 1 is 1.32 bits per heavy atom. The number of hydrogen-bond donors (Lipinski definition) is 1. The molecule has 7 nitrogen and oxygen atoms in total. The van der Waals surface area contributed by atoms with Gasteiger partial charge in [-0.05, 0) is 18.9 Å². The zero-order valence-corrected chi connectivity index (χ0v) is 12.2. The van der Waals surface area contributed by atoms with Crippen molar-refractivity contribution in [3.63, 3.8) is 0 Å². The van der Waals surface area contributed by atoms with Crippen LogP contribution < -0.4 is 5.43 Å². The zero-order chi connectivity index (χ0) is 15.5. The third-order valence-electron chi connectivity index (χ3n) is 3.98. The van der Waals surface area contributed by atoms with E-state index in [1.165, 1.54) is 12.1 Å². The number of hydrogen-bond acceptors (Lipinski definition) is 5. The Hall–Kier alpha value is -2.44. The molecule has 0 radical (unpaired) electrons. The summed E-state index contributed by atoms with van der Waals surface area (Å²) in [5.41, 5.74) is 4.49. The maximum atomic E-state index is 12.0. The number of hydrazone groups is 1. The number of non-ortho nitro benzene ring substituents is 1. The minimum atomic E-state index is -0.430. The fraction of sp³-hybridized carbons (Fsp3) is 0.467. The van der Waals surface area contributed by atoms with Gasteiger partial charge in [0, 0.05) is 49.7 Å². The van der Waals surface area contributed by atoms with Gasteiger partial charge in [0.05, 0.1) is 10.6 Å². The van der Waals surface area contributed by atoms with E-state index in [1.807, 2.05) is 4.90 Å². The lowest BCUT2D eigenvalue weighted by molar-refractivity contribution is -0.384. The van der Waals surface area contributed by atoms with E-state index in [0.29, 0.717) is 18.8 Å². The number of nitro benzene ring substituents is 1. The molecule has 1 N–H and O–H groups in total. The largest absolute Gasteiger partial charge is 0.342 e. The summed E-state index contributed by atoms with van der Waals surface area (Å²) in [6.07, 6.45) is 3.57. The van der Waals surface area contributed by atoms with E-state index in [2.05, 4.69) is 10.5 Å². The first kappa shape index (κ1) is 14.5. The van der Waals surface area contributed by atoms with Crippen molar-refractivity contribution in [3.8, 4) is 0 Å². The predicted molar refractivity (Wildman–Crippen MR) is 82.7 cm³/mol. The number of carbonyl (C=O) groups is 1. The highest BCUT2D eigenvalue weighted by Crippen LogP contribution is 2.31. The second-order valence-corrected chi connectivity index (χ2v) is 5.70. The van der Waals surface area contributed by atoms with Crippen LogP contribution in [0.15, 0.2) is 29.4 Å². The molecule has 0 unspecified atom stereocenters. The minimum absolute atomic E-state index is 0.0371. The molecule has 1 aromatic rings. The van der Waals surface area contributed by atoms with E-state index >= 15 is 0 Å². The molecule has 22 heavy (non-hydrogen) atoms. The smallest absolute Gasteiger partial charge is 0.271 e. The van der Waals surface area contributed by atoms with Gasteiger partial charge in [-0.15, -0.1) is 0 Å². The number of nitrogens with zero attached hydrogens (tertiary/aromatic N) is 3. The number of carbonyl (C=O) groups excluding carboxylic acids is 1. The second kappa shape index (κ2) is 6.13. The fourth-order valence-corrected chi connectivity index (χ4v) is 2.52. The van der Waals surface area contributed by atoms with Crippen molar-refractivity contribution in [2.75, 3.05) is 18.5 Å². The molecule has 1 saturated heterocycles. The van der Waals surface area contributed by atoms with Crippen molar-refractivity contribution in [2.45, 2.75) is 25.7 Å². The summed E-state index contributed by atoms with van der Waals surface area (Å²) >= 11 is 0. The lowest BCUT2D eigenvalue weighted by Crippen LogP contribution is -2.39. The third kappa shape index (κ3) is 3.41. The number of nitrogens with one attached hydrogen (secondary N) is 1. The van der Waals surface area contributed by atoms with Crippen LogP contribution in [0, 0.1) is 16.0 Å². The molecule has 0 bridgehead atoms.